The van der Waals surface area contributed by atoms with Crippen molar-refractivity contribution >= 4 is 21.6 Å². The number of benzene rings is 3. The van der Waals surface area contributed by atoms with Gasteiger partial charge in [0.15, 0.2) is 0 Å². The number of carbonyl (C=O) groups excluding carboxylic acids is 1. The summed E-state index contributed by atoms with van der Waals surface area (Å²) in [5, 5.41) is 2.85. The van der Waals surface area contributed by atoms with Gasteiger partial charge in [0.05, 0.1) is 10.6 Å². The van der Waals surface area contributed by atoms with Crippen molar-refractivity contribution < 1.29 is 13.2 Å². The summed E-state index contributed by atoms with van der Waals surface area (Å²) >= 11 is 0. The average Bonchev–Trinajstić information content (AvgIpc) is 2.74. The Labute approximate surface area is 172 Å². The van der Waals surface area contributed by atoms with Gasteiger partial charge in [-0.05, 0) is 49.2 Å². The molecule has 0 heterocycles. The van der Waals surface area contributed by atoms with Crippen LogP contribution in [0.25, 0.3) is 0 Å². The van der Waals surface area contributed by atoms with Crippen molar-refractivity contribution in [1.82, 2.24) is 5.32 Å². The van der Waals surface area contributed by atoms with Crippen molar-refractivity contribution in [3.8, 4) is 0 Å². The van der Waals surface area contributed by atoms with Crippen molar-refractivity contribution in [1.29, 1.82) is 0 Å². The summed E-state index contributed by atoms with van der Waals surface area (Å²) in [6.45, 7) is 2.42. The number of hydrogen-bond donors (Lipinski definition) is 1. The van der Waals surface area contributed by atoms with Crippen LogP contribution in [-0.4, -0.2) is 27.9 Å². The molecule has 0 fully saturated rings. The molecule has 0 saturated heterocycles. The van der Waals surface area contributed by atoms with Crippen LogP contribution in [0.15, 0.2) is 83.8 Å². The van der Waals surface area contributed by atoms with Crippen LogP contribution in [0.1, 0.15) is 21.5 Å². The molecule has 0 radical (unpaired) electrons. The number of sulfonamides is 1. The highest BCUT2D eigenvalue weighted by Crippen LogP contribution is 2.23. The standard InChI is InChI=1S/C23H24N2O3S/c1-18-11-13-21(14-12-18)25(2)29(27,28)22-10-6-9-20(17-22)23(26)24-16-15-19-7-4-3-5-8-19/h3-14,17H,15-16H2,1-2H3,(H,24,26). The van der Waals surface area contributed by atoms with Gasteiger partial charge in [0.1, 0.15) is 0 Å². The lowest BCUT2D eigenvalue weighted by molar-refractivity contribution is 0.0954. The molecule has 1 N–H and O–H groups in total. The fourth-order valence-corrected chi connectivity index (χ4v) is 4.16. The maximum atomic E-state index is 13.0. The van der Waals surface area contributed by atoms with Gasteiger partial charge in [-0.2, -0.15) is 0 Å². The summed E-state index contributed by atoms with van der Waals surface area (Å²) in [7, 11) is -2.26. The number of nitrogens with one attached hydrogen (secondary N) is 1. The molecular formula is C23H24N2O3S. The second kappa shape index (κ2) is 8.92. The van der Waals surface area contributed by atoms with Crippen molar-refractivity contribution in [2.24, 2.45) is 0 Å². The molecule has 0 bridgehead atoms. The Morgan fingerprint density at radius 3 is 2.31 bits per heavy atom. The molecule has 1 amide bonds. The quantitative estimate of drug-likeness (QED) is 0.647. The summed E-state index contributed by atoms with van der Waals surface area (Å²) in [4.78, 5) is 12.6. The zero-order valence-corrected chi connectivity index (χ0v) is 17.3. The largest absolute Gasteiger partial charge is 0.352 e. The number of rotatable bonds is 7. The maximum Gasteiger partial charge on any atom is 0.264 e. The fraction of sp³-hybridized carbons (Fsp3) is 0.174. The Hall–Kier alpha value is -3.12. The Kier molecular flexibility index (Phi) is 6.34. The minimum absolute atomic E-state index is 0.0799. The first kappa shape index (κ1) is 20.6. The zero-order chi connectivity index (χ0) is 20.9. The normalized spacial score (nSPS) is 11.1. The van der Waals surface area contributed by atoms with Gasteiger partial charge in [0.25, 0.3) is 15.9 Å². The Morgan fingerprint density at radius 2 is 1.62 bits per heavy atom. The first-order chi connectivity index (χ1) is 13.9. The first-order valence-electron chi connectivity index (χ1n) is 9.36. The Balaban J connectivity index is 1.72. The highest BCUT2D eigenvalue weighted by atomic mass is 32.2. The van der Waals surface area contributed by atoms with Crippen LogP contribution in [0.4, 0.5) is 5.69 Å². The van der Waals surface area contributed by atoms with Crippen molar-refractivity contribution in [3.05, 3.63) is 95.6 Å². The van der Waals surface area contributed by atoms with E-state index in [9.17, 15) is 13.2 Å². The molecule has 3 aromatic rings. The highest BCUT2D eigenvalue weighted by Gasteiger charge is 2.22. The van der Waals surface area contributed by atoms with Crippen LogP contribution in [0, 0.1) is 6.92 Å². The second-order valence-electron chi connectivity index (χ2n) is 6.83. The number of nitrogens with zero attached hydrogens (tertiary/aromatic N) is 1. The Bertz CT molecular complexity index is 1080. The van der Waals surface area contributed by atoms with Gasteiger partial charge in [-0.15, -0.1) is 0 Å². The van der Waals surface area contributed by atoms with Gasteiger partial charge in [0, 0.05) is 19.2 Å². The van der Waals surface area contributed by atoms with Crippen LogP contribution in [0.2, 0.25) is 0 Å². The van der Waals surface area contributed by atoms with Crippen LogP contribution < -0.4 is 9.62 Å². The summed E-state index contributed by atoms with van der Waals surface area (Å²) in [5.41, 5.74) is 3.06. The highest BCUT2D eigenvalue weighted by molar-refractivity contribution is 7.92. The zero-order valence-electron chi connectivity index (χ0n) is 16.5. The van der Waals surface area contributed by atoms with Gasteiger partial charge in [0.2, 0.25) is 0 Å². The SMILES string of the molecule is Cc1ccc(N(C)S(=O)(=O)c2cccc(C(=O)NCCc3ccccc3)c2)cc1. The van der Waals surface area contributed by atoms with Gasteiger partial charge < -0.3 is 5.32 Å². The minimum Gasteiger partial charge on any atom is -0.352 e. The van der Waals surface area contributed by atoms with E-state index in [1.165, 1.54) is 23.5 Å². The summed E-state index contributed by atoms with van der Waals surface area (Å²) in [6, 6.07) is 23.2. The lowest BCUT2D eigenvalue weighted by Crippen LogP contribution is -2.28. The second-order valence-corrected chi connectivity index (χ2v) is 8.80. The third-order valence-corrected chi connectivity index (χ3v) is 6.48. The lowest BCUT2D eigenvalue weighted by Gasteiger charge is -2.20. The summed E-state index contributed by atoms with van der Waals surface area (Å²) in [5.74, 6) is -0.295. The first-order valence-corrected chi connectivity index (χ1v) is 10.8. The van der Waals surface area contributed by atoms with E-state index in [0.717, 1.165) is 11.1 Å². The molecular weight excluding hydrogens is 384 g/mol. The minimum atomic E-state index is -3.77. The number of carbonyl (C=O) groups is 1. The van der Waals surface area contributed by atoms with E-state index in [2.05, 4.69) is 5.32 Å². The average molecular weight is 409 g/mol. The van der Waals surface area contributed by atoms with Crippen LogP contribution in [0.3, 0.4) is 0 Å². The smallest absolute Gasteiger partial charge is 0.264 e. The van der Waals surface area contributed by atoms with E-state index >= 15 is 0 Å². The van der Waals surface area contributed by atoms with E-state index in [-0.39, 0.29) is 10.8 Å². The van der Waals surface area contributed by atoms with Crippen molar-refractivity contribution in [2.45, 2.75) is 18.2 Å². The number of amides is 1. The molecule has 3 rings (SSSR count). The summed E-state index contributed by atoms with van der Waals surface area (Å²) < 4.78 is 27.2. The van der Waals surface area contributed by atoms with Crippen LogP contribution >= 0.6 is 0 Å². The molecule has 6 heteroatoms. The molecule has 0 aromatic heterocycles. The summed E-state index contributed by atoms with van der Waals surface area (Å²) in [6.07, 6.45) is 0.709. The predicted octanol–water partition coefficient (Wildman–Crippen LogP) is 3.79. The molecule has 0 unspecified atom stereocenters. The van der Waals surface area contributed by atoms with Gasteiger partial charge in [-0.1, -0.05) is 54.1 Å². The lowest BCUT2D eigenvalue weighted by atomic mass is 10.1. The molecule has 0 aliphatic heterocycles. The molecule has 3 aromatic carbocycles. The van der Waals surface area contributed by atoms with E-state index in [4.69, 9.17) is 0 Å². The molecule has 0 atom stereocenters. The molecule has 0 spiro atoms. The van der Waals surface area contributed by atoms with Crippen molar-refractivity contribution in [3.63, 3.8) is 0 Å². The molecule has 0 saturated carbocycles. The molecule has 0 aliphatic carbocycles. The van der Waals surface area contributed by atoms with Gasteiger partial charge >= 0.3 is 0 Å². The molecule has 0 aliphatic rings. The third-order valence-electron chi connectivity index (χ3n) is 4.69. The van der Waals surface area contributed by atoms with Gasteiger partial charge in [-0.25, -0.2) is 8.42 Å². The van der Waals surface area contributed by atoms with E-state index in [1.54, 1.807) is 24.3 Å². The number of hydrogen-bond acceptors (Lipinski definition) is 3. The van der Waals surface area contributed by atoms with E-state index in [1.807, 2.05) is 49.4 Å². The van der Waals surface area contributed by atoms with Crippen LogP contribution in [0.5, 0.6) is 0 Å². The molecule has 5 nitrogen and oxygen atoms in total. The monoisotopic (exact) mass is 408 g/mol. The van der Waals surface area contributed by atoms with E-state index < -0.39 is 10.0 Å². The van der Waals surface area contributed by atoms with Gasteiger partial charge in [-0.3, -0.25) is 9.10 Å². The molecule has 150 valence electrons. The van der Waals surface area contributed by atoms with E-state index in [0.29, 0.717) is 24.2 Å². The third kappa shape index (κ3) is 5.03. The predicted molar refractivity (Wildman–Crippen MR) is 116 cm³/mol. The van der Waals surface area contributed by atoms with Crippen LogP contribution in [-0.2, 0) is 16.4 Å². The maximum absolute atomic E-state index is 13.0. The fourth-order valence-electron chi connectivity index (χ4n) is 2.92. The number of aryl methyl sites for hydroxylation is 1. The number of anilines is 1. The Morgan fingerprint density at radius 1 is 0.931 bits per heavy atom. The topological polar surface area (TPSA) is 66.5 Å². The molecule has 29 heavy (non-hydrogen) atoms. The van der Waals surface area contributed by atoms with Crippen molar-refractivity contribution in [2.75, 3.05) is 17.9 Å².